The second-order valence-corrected chi connectivity index (χ2v) is 5.13. The molecule has 1 aromatic rings. The molecular weight excluding hydrogens is 385 g/mol. The summed E-state index contributed by atoms with van der Waals surface area (Å²) < 4.78 is 8.02. The van der Waals surface area contributed by atoms with Gasteiger partial charge in [0.25, 0.3) is 0 Å². The lowest BCUT2D eigenvalue weighted by molar-refractivity contribution is -0.448. The number of carbonyl (C=O) groups is 2. The van der Waals surface area contributed by atoms with Crippen molar-refractivity contribution in [2.45, 2.75) is 25.3 Å². The largest absolute Gasteiger partial charge is 0.702 e. The molecule has 1 atom stereocenters. The first-order valence-corrected chi connectivity index (χ1v) is 7.74. The highest BCUT2D eigenvalue weighted by Crippen LogP contribution is 2.21. The van der Waals surface area contributed by atoms with Gasteiger partial charge < -0.3 is 42.2 Å². The molecule has 1 rings (SSSR count). The van der Waals surface area contributed by atoms with Gasteiger partial charge in [0.05, 0.1) is 18.7 Å². The molecule has 4 N–H and O–H groups in total. The molecule has 21 heavy (non-hydrogen) atoms. The third-order valence-electron chi connectivity index (χ3n) is 3.02. The van der Waals surface area contributed by atoms with E-state index in [0.717, 1.165) is 12.8 Å². The molecule has 0 aliphatic heterocycles. The molecule has 7 heteroatoms. The number of amides is 1. The normalized spacial score (nSPS) is 11.8. The summed E-state index contributed by atoms with van der Waals surface area (Å²) in [6.45, 7) is 0.622. The van der Waals surface area contributed by atoms with Gasteiger partial charge in [0, 0.05) is 5.69 Å². The summed E-state index contributed by atoms with van der Waals surface area (Å²) in [5.41, 5.74) is 6.42. The lowest BCUT2D eigenvalue weighted by atomic mass is 10.1. The van der Waals surface area contributed by atoms with Crippen LogP contribution in [0, 0.1) is 0 Å². The summed E-state index contributed by atoms with van der Waals surface area (Å²) in [6.07, 6.45) is 3.18. The van der Waals surface area contributed by atoms with Gasteiger partial charge in [0.1, 0.15) is 5.75 Å². The molecule has 6 nitrogen and oxygen atoms in total. The Morgan fingerprint density at radius 3 is 2.81 bits per heavy atom. The van der Waals surface area contributed by atoms with Gasteiger partial charge in [-0.1, -0.05) is 6.42 Å². The number of methoxy groups -OCH3 is 1. The fraction of sp³-hybridized carbons (Fsp3) is 0.429. The highest BCUT2D eigenvalue weighted by atomic mass is 127. The summed E-state index contributed by atoms with van der Waals surface area (Å²) in [5, 5.41) is 2.79. The molecule has 1 amide bonds. The molecule has 1 aromatic carbocycles. The SMILES string of the molecule is COc1ccc(NC(=O)[C@H](CCCCN)N[I-])cc1C=O. The third-order valence-corrected chi connectivity index (χ3v) is 3.77. The first kappa shape index (κ1) is 17.9. The second-order valence-electron chi connectivity index (χ2n) is 4.51. The molecule has 0 heterocycles. The van der Waals surface area contributed by atoms with E-state index >= 15 is 0 Å². The van der Waals surface area contributed by atoms with Gasteiger partial charge >= 0.3 is 0 Å². The fourth-order valence-electron chi connectivity index (χ4n) is 1.86. The van der Waals surface area contributed by atoms with Crippen molar-refractivity contribution >= 4 is 17.9 Å². The van der Waals surface area contributed by atoms with Crippen LogP contribution in [0.15, 0.2) is 18.2 Å². The molecule has 0 saturated carbocycles. The van der Waals surface area contributed by atoms with E-state index < -0.39 is 0 Å². The smallest absolute Gasteiger partial charge is 0.239 e. The zero-order chi connectivity index (χ0) is 15.7. The van der Waals surface area contributed by atoms with Gasteiger partial charge in [-0.3, -0.25) is 9.59 Å². The van der Waals surface area contributed by atoms with Crippen LogP contribution in [0.4, 0.5) is 5.69 Å². The summed E-state index contributed by atoms with van der Waals surface area (Å²) in [4.78, 5) is 23.1. The predicted octanol–water partition coefficient (Wildman–Crippen LogP) is -2.00. The van der Waals surface area contributed by atoms with Crippen molar-refractivity contribution in [3.63, 3.8) is 0 Å². The van der Waals surface area contributed by atoms with Crippen LogP contribution in [-0.2, 0) is 4.79 Å². The van der Waals surface area contributed by atoms with Gasteiger partial charge in [-0.2, -0.15) is 0 Å². The number of nitrogens with two attached hydrogens (primary N) is 1. The van der Waals surface area contributed by atoms with Crippen LogP contribution >= 0.6 is 0 Å². The molecule has 0 unspecified atom stereocenters. The standard InChI is InChI=1S/C14H20IN3O3/c1-21-13-6-5-11(8-10(13)9-19)17-14(20)12(18-15)4-2-3-7-16/h5-6,8-9,12,18H,2-4,7,16H2,1H3,(H,17,20)/q-1/t12-/m0/s1. The zero-order valence-electron chi connectivity index (χ0n) is 11.9. The Morgan fingerprint density at radius 2 is 2.24 bits per heavy atom. The van der Waals surface area contributed by atoms with Gasteiger partial charge in [-0.15, -0.1) is 0 Å². The quantitative estimate of drug-likeness (QED) is 0.191. The Balaban J connectivity index is 2.70. The number of unbranched alkanes of at least 4 members (excludes halogenated alkanes) is 1. The topological polar surface area (TPSA) is 93.4 Å². The molecule has 0 spiro atoms. The van der Waals surface area contributed by atoms with E-state index in [4.69, 9.17) is 10.5 Å². The number of hydrogen-bond acceptors (Lipinski definition) is 5. The maximum atomic E-state index is 12.2. The fourth-order valence-corrected chi connectivity index (χ4v) is 2.46. The number of anilines is 1. The van der Waals surface area contributed by atoms with Crippen LogP contribution in [0.2, 0.25) is 0 Å². The Hall–Kier alpha value is -1.19. The van der Waals surface area contributed by atoms with Gasteiger partial charge in [-0.05, 0) is 37.6 Å². The van der Waals surface area contributed by atoms with E-state index in [-0.39, 0.29) is 11.9 Å². The van der Waals surface area contributed by atoms with Crippen molar-refractivity contribution in [1.82, 2.24) is 3.53 Å². The van der Waals surface area contributed by atoms with E-state index in [2.05, 4.69) is 8.85 Å². The molecule has 0 fully saturated rings. The van der Waals surface area contributed by atoms with Crippen LogP contribution in [0.1, 0.15) is 29.6 Å². The first-order chi connectivity index (χ1) is 10.2. The maximum Gasteiger partial charge on any atom is 0.239 e. The van der Waals surface area contributed by atoms with Gasteiger partial charge in [0.2, 0.25) is 5.91 Å². The first-order valence-electron chi connectivity index (χ1n) is 6.66. The number of rotatable bonds is 9. The van der Waals surface area contributed by atoms with Crippen molar-refractivity contribution in [2.75, 3.05) is 19.0 Å². The van der Waals surface area contributed by atoms with Gasteiger partial charge in [0.15, 0.2) is 6.29 Å². The minimum absolute atomic E-state index is 0.136. The van der Waals surface area contributed by atoms with E-state index in [1.54, 1.807) is 18.2 Å². The van der Waals surface area contributed by atoms with Crippen molar-refractivity contribution in [1.29, 1.82) is 0 Å². The van der Waals surface area contributed by atoms with Crippen LogP contribution in [0.3, 0.4) is 0 Å². The predicted molar refractivity (Wildman–Crippen MR) is 76.8 cm³/mol. The summed E-state index contributed by atoms with van der Waals surface area (Å²) in [6, 6.07) is 4.65. The van der Waals surface area contributed by atoms with E-state index in [0.29, 0.717) is 36.3 Å². The zero-order valence-corrected chi connectivity index (χ0v) is 14.1. The summed E-state index contributed by atoms with van der Waals surface area (Å²) >= 11 is 1.97. The summed E-state index contributed by atoms with van der Waals surface area (Å²) in [7, 11) is 1.49. The number of benzene rings is 1. The van der Waals surface area contributed by atoms with Crippen LogP contribution in [0.25, 0.3) is 0 Å². The molecule has 0 aliphatic rings. The van der Waals surface area contributed by atoms with Crippen molar-refractivity contribution in [3.8, 4) is 5.75 Å². The molecular formula is C14H20IN3O3-. The molecule has 1 radical (unpaired) electrons. The molecule has 0 aliphatic carbocycles. The molecule has 0 bridgehead atoms. The average Bonchev–Trinajstić information content (AvgIpc) is 2.51. The Bertz CT molecular complexity index is 483. The third kappa shape index (κ3) is 5.60. The van der Waals surface area contributed by atoms with Crippen LogP contribution < -0.4 is 42.2 Å². The number of ether oxygens (including phenoxy) is 1. The number of hydrogen-bond donors (Lipinski definition) is 3. The Morgan fingerprint density at radius 1 is 1.48 bits per heavy atom. The van der Waals surface area contributed by atoms with E-state index in [1.807, 2.05) is 22.9 Å². The van der Waals surface area contributed by atoms with Crippen molar-refractivity contribution < 1.29 is 37.2 Å². The molecule has 0 saturated heterocycles. The van der Waals surface area contributed by atoms with Crippen molar-refractivity contribution in [2.24, 2.45) is 5.73 Å². The minimum Gasteiger partial charge on any atom is -0.702 e. The summed E-state index contributed by atoms with van der Waals surface area (Å²) in [5.74, 6) is 0.345. The van der Waals surface area contributed by atoms with Crippen LogP contribution in [0.5, 0.6) is 5.75 Å². The highest BCUT2D eigenvalue weighted by molar-refractivity contribution is 5.95. The lowest BCUT2D eigenvalue weighted by Gasteiger charge is -2.22. The number of aldehydes is 1. The van der Waals surface area contributed by atoms with E-state index in [9.17, 15) is 9.59 Å². The van der Waals surface area contributed by atoms with Crippen LogP contribution in [-0.4, -0.2) is 31.9 Å². The number of halogens is 1. The lowest BCUT2D eigenvalue weighted by Crippen LogP contribution is -3.43. The minimum atomic E-state index is -0.293. The van der Waals surface area contributed by atoms with Crippen molar-refractivity contribution in [3.05, 3.63) is 23.8 Å². The monoisotopic (exact) mass is 405 g/mol. The Labute approximate surface area is 138 Å². The highest BCUT2D eigenvalue weighted by Gasteiger charge is 2.14. The molecule has 117 valence electrons. The molecule has 0 aromatic heterocycles. The maximum absolute atomic E-state index is 12.2. The average molecular weight is 405 g/mol. The second kappa shape index (κ2) is 9.69. The van der Waals surface area contributed by atoms with Gasteiger partial charge in [-0.25, -0.2) is 0 Å². The number of carbonyl (C=O) groups excluding carboxylic acids is 2. The van der Waals surface area contributed by atoms with E-state index in [1.165, 1.54) is 7.11 Å². The Kier molecular flexibility index (Phi) is 8.24. The number of nitrogens with one attached hydrogen (secondary N) is 2.